The summed E-state index contributed by atoms with van der Waals surface area (Å²) in [7, 11) is 0. The fourth-order valence-corrected chi connectivity index (χ4v) is 5.02. The van der Waals surface area contributed by atoms with Gasteiger partial charge in [0.25, 0.3) is 0 Å². The first-order valence-electron chi connectivity index (χ1n) is 11.7. The first-order chi connectivity index (χ1) is 16.6. The molecule has 3 aromatic carbocycles. The van der Waals surface area contributed by atoms with E-state index in [1.54, 1.807) is 25.3 Å². The Morgan fingerprint density at radius 2 is 1.89 bits per heavy atom. The molecule has 5 rings (SSSR count). The van der Waals surface area contributed by atoms with E-state index in [1.165, 1.54) is 0 Å². The third-order valence-corrected chi connectivity index (χ3v) is 6.49. The fraction of sp³-hybridized carbons (Fsp3) is 0.310. The topological polar surface area (TPSA) is 68.7 Å². The number of hydrogen-bond acceptors (Lipinski definition) is 4. The van der Waals surface area contributed by atoms with Crippen molar-refractivity contribution in [2.75, 3.05) is 6.61 Å². The van der Waals surface area contributed by atoms with Gasteiger partial charge in [-0.05, 0) is 86.5 Å². The summed E-state index contributed by atoms with van der Waals surface area (Å²) in [4.78, 5) is 17.3. The van der Waals surface area contributed by atoms with E-state index in [1.807, 2.05) is 52.0 Å². The normalized spacial score (nSPS) is 14.2. The first-order valence-corrected chi connectivity index (χ1v) is 11.7. The molecule has 2 heterocycles. The molecule has 1 N–H and O–H groups in total. The van der Waals surface area contributed by atoms with Crippen LogP contribution in [0, 0.1) is 19.7 Å². The largest absolute Gasteiger partial charge is 0.493 e. The van der Waals surface area contributed by atoms with Crippen molar-refractivity contribution in [3.05, 3.63) is 70.7 Å². The first kappa shape index (κ1) is 23.2. The third-order valence-electron chi connectivity index (χ3n) is 6.49. The number of halogens is 1. The average Bonchev–Trinajstić information content (AvgIpc) is 2.80. The molecule has 0 bridgehead atoms. The van der Waals surface area contributed by atoms with Gasteiger partial charge in [0.1, 0.15) is 11.6 Å². The van der Waals surface area contributed by atoms with Crippen LogP contribution in [0.1, 0.15) is 49.1 Å². The molecule has 0 saturated heterocycles. The number of aromatic nitrogens is 1. The quantitative estimate of drug-likeness (QED) is 0.358. The van der Waals surface area contributed by atoms with Gasteiger partial charge in [-0.3, -0.25) is 4.98 Å². The molecule has 4 aromatic rings. The van der Waals surface area contributed by atoms with Crippen LogP contribution < -0.4 is 4.74 Å². The van der Waals surface area contributed by atoms with Gasteiger partial charge in [-0.15, -0.1) is 0 Å². The molecule has 0 amide bonds. The van der Waals surface area contributed by atoms with Crippen molar-refractivity contribution in [1.29, 1.82) is 0 Å². The second-order valence-electron chi connectivity index (χ2n) is 10.1. The maximum absolute atomic E-state index is 15.4. The average molecular weight is 474 g/mol. The van der Waals surface area contributed by atoms with Crippen LogP contribution >= 0.6 is 0 Å². The molecule has 6 heteroatoms. The summed E-state index contributed by atoms with van der Waals surface area (Å²) in [5.41, 5.74) is 4.14. The highest BCUT2D eigenvalue weighted by molar-refractivity contribution is 6.09. The van der Waals surface area contributed by atoms with Gasteiger partial charge in [-0.2, -0.15) is 0 Å². The number of carbonyl (C=O) groups is 1. The molecule has 0 spiro atoms. The number of benzene rings is 3. The minimum absolute atomic E-state index is 0.318. The van der Waals surface area contributed by atoms with Gasteiger partial charge in [0.2, 0.25) is 0 Å². The van der Waals surface area contributed by atoms with E-state index in [0.29, 0.717) is 45.1 Å². The van der Waals surface area contributed by atoms with Crippen molar-refractivity contribution in [2.45, 2.75) is 52.7 Å². The molecule has 180 valence electrons. The van der Waals surface area contributed by atoms with Crippen LogP contribution in [0.4, 0.5) is 4.39 Å². The molecule has 35 heavy (non-hydrogen) atoms. The van der Waals surface area contributed by atoms with Crippen molar-refractivity contribution in [3.8, 4) is 16.9 Å². The number of ether oxygens (including phenoxy) is 2. The van der Waals surface area contributed by atoms with E-state index >= 15 is 4.39 Å². The summed E-state index contributed by atoms with van der Waals surface area (Å²) in [6, 6.07) is 11.1. The number of aliphatic carboxylic acids is 1. The minimum Gasteiger partial charge on any atom is -0.493 e. The highest BCUT2D eigenvalue weighted by atomic mass is 19.1. The zero-order valence-corrected chi connectivity index (χ0v) is 20.5. The molecule has 1 atom stereocenters. The number of hydrogen-bond donors (Lipinski definition) is 1. The molecular formula is C29H28FNO4. The summed E-state index contributed by atoms with van der Waals surface area (Å²) in [6.45, 7) is 9.59. The van der Waals surface area contributed by atoms with Crippen LogP contribution in [0.25, 0.3) is 32.8 Å². The van der Waals surface area contributed by atoms with Crippen molar-refractivity contribution in [1.82, 2.24) is 4.98 Å². The van der Waals surface area contributed by atoms with Crippen LogP contribution in [0.2, 0.25) is 0 Å². The smallest absolute Gasteiger partial charge is 0.337 e. The lowest BCUT2D eigenvalue weighted by atomic mass is 9.85. The fourth-order valence-electron chi connectivity index (χ4n) is 5.02. The lowest BCUT2D eigenvalue weighted by molar-refractivity contribution is -0.160. The van der Waals surface area contributed by atoms with Crippen LogP contribution in [0.15, 0.2) is 42.6 Å². The van der Waals surface area contributed by atoms with E-state index < -0.39 is 17.7 Å². The number of fused-ring (bicyclic) bond motifs is 1. The Hall–Kier alpha value is -3.51. The number of pyridine rings is 1. The minimum atomic E-state index is -1.25. The number of aryl methyl sites for hydroxylation is 2. The van der Waals surface area contributed by atoms with Crippen molar-refractivity contribution < 1.29 is 23.8 Å². The van der Waals surface area contributed by atoms with Gasteiger partial charge >= 0.3 is 5.97 Å². The standard InChI is InChI=1S/C29H28FNO4/c1-15-6-7-18-20(25(15)30)14-16(2)22(27(28(32)33)35-29(3,4)5)24(18)19-8-9-21-23-17(11-13-34-21)10-12-31-26(19)23/h6-10,12,14,27H,11,13H2,1-5H3,(H,32,33). The maximum atomic E-state index is 15.4. The van der Waals surface area contributed by atoms with E-state index in [2.05, 4.69) is 0 Å². The molecule has 0 fully saturated rings. The summed E-state index contributed by atoms with van der Waals surface area (Å²) < 4.78 is 27.3. The molecular weight excluding hydrogens is 445 g/mol. The van der Waals surface area contributed by atoms with E-state index in [4.69, 9.17) is 14.5 Å². The molecule has 0 saturated carbocycles. The Balaban J connectivity index is 1.94. The SMILES string of the molecule is Cc1cc2c(F)c(C)ccc2c(-c2ccc3c4c(ccnc24)CCO3)c1C(OC(C)(C)C)C(=O)O. The summed E-state index contributed by atoms with van der Waals surface area (Å²) in [6.07, 6.45) is 1.27. The van der Waals surface area contributed by atoms with Gasteiger partial charge < -0.3 is 14.6 Å². The van der Waals surface area contributed by atoms with Crippen LogP contribution in [-0.4, -0.2) is 28.3 Å². The van der Waals surface area contributed by atoms with E-state index in [0.717, 1.165) is 28.7 Å². The predicted octanol–water partition coefficient (Wildman–Crippen LogP) is 6.69. The van der Waals surface area contributed by atoms with Crippen LogP contribution in [-0.2, 0) is 16.0 Å². The summed E-state index contributed by atoms with van der Waals surface area (Å²) in [5.74, 6) is -0.671. The van der Waals surface area contributed by atoms with Gasteiger partial charge in [-0.25, -0.2) is 9.18 Å². The Labute approximate surface area is 203 Å². The second kappa shape index (κ2) is 8.31. The lowest BCUT2D eigenvalue weighted by Gasteiger charge is -2.29. The maximum Gasteiger partial charge on any atom is 0.337 e. The molecule has 1 unspecified atom stereocenters. The zero-order valence-electron chi connectivity index (χ0n) is 20.5. The number of nitrogens with zero attached hydrogens (tertiary/aromatic N) is 1. The Bertz CT molecular complexity index is 1490. The van der Waals surface area contributed by atoms with Crippen molar-refractivity contribution in [3.63, 3.8) is 0 Å². The molecule has 0 aliphatic carbocycles. The van der Waals surface area contributed by atoms with Gasteiger partial charge in [-0.1, -0.05) is 12.1 Å². The molecule has 5 nitrogen and oxygen atoms in total. The second-order valence-corrected chi connectivity index (χ2v) is 10.1. The van der Waals surface area contributed by atoms with Gasteiger partial charge in [0.15, 0.2) is 6.10 Å². The molecule has 0 radical (unpaired) electrons. The molecule has 1 aliphatic heterocycles. The summed E-state index contributed by atoms with van der Waals surface area (Å²) >= 11 is 0. The molecule has 1 aliphatic rings. The summed E-state index contributed by atoms with van der Waals surface area (Å²) in [5, 5.41) is 12.2. The van der Waals surface area contributed by atoms with E-state index in [9.17, 15) is 9.90 Å². The Kier molecular flexibility index (Phi) is 5.52. The van der Waals surface area contributed by atoms with Crippen LogP contribution in [0.5, 0.6) is 5.75 Å². The van der Waals surface area contributed by atoms with Crippen molar-refractivity contribution in [2.24, 2.45) is 0 Å². The van der Waals surface area contributed by atoms with Gasteiger partial charge in [0.05, 0.1) is 17.7 Å². The van der Waals surface area contributed by atoms with Gasteiger partial charge in [0, 0.05) is 34.5 Å². The Morgan fingerprint density at radius 1 is 1.11 bits per heavy atom. The number of carboxylic acids is 1. The third kappa shape index (κ3) is 3.92. The number of carboxylic acid groups (broad SMARTS) is 1. The number of rotatable bonds is 4. The lowest BCUT2D eigenvalue weighted by Crippen LogP contribution is -2.28. The predicted molar refractivity (Wildman–Crippen MR) is 135 cm³/mol. The van der Waals surface area contributed by atoms with Crippen LogP contribution in [0.3, 0.4) is 0 Å². The molecule has 1 aromatic heterocycles. The monoisotopic (exact) mass is 473 g/mol. The highest BCUT2D eigenvalue weighted by Crippen LogP contribution is 2.45. The highest BCUT2D eigenvalue weighted by Gasteiger charge is 2.33. The zero-order chi connectivity index (χ0) is 25.1. The Morgan fingerprint density at radius 3 is 2.60 bits per heavy atom. The van der Waals surface area contributed by atoms with Crippen molar-refractivity contribution >= 4 is 27.6 Å². The van der Waals surface area contributed by atoms with E-state index in [-0.39, 0.29) is 5.82 Å².